The van der Waals surface area contributed by atoms with Crippen molar-refractivity contribution < 1.29 is 4.79 Å². The lowest BCUT2D eigenvalue weighted by Crippen LogP contribution is -2.41. The summed E-state index contributed by atoms with van der Waals surface area (Å²) >= 11 is 0. The summed E-state index contributed by atoms with van der Waals surface area (Å²) < 4.78 is 1.98. The van der Waals surface area contributed by atoms with E-state index >= 15 is 0 Å². The van der Waals surface area contributed by atoms with Gasteiger partial charge in [0.15, 0.2) is 5.65 Å². The largest absolute Gasteiger partial charge is 0.349 e. The zero-order chi connectivity index (χ0) is 24.0. The van der Waals surface area contributed by atoms with Crippen molar-refractivity contribution in [2.75, 3.05) is 0 Å². The van der Waals surface area contributed by atoms with E-state index in [2.05, 4.69) is 86.1 Å². The van der Waals surface area contributed by atoms with E-state index in [4.69, 9.17) is 4.98 Å². The molecule has 0 saturated carbocycles. The Hall–Kier alpha value is -3.48. The van der Waals surface area contributed by atoms with E-state index < -0.39 is 0 Å². The van der Waals surface area contributed by atoms with Crippen LogP contribution in [0.5, 0.6) is 0 Å². The van der Waals surface area contributed by atoms with Gasteiger partial charge in [-0.1, -0.05) is 53.7 Å². The molecule has 3 aromatic heterocycles. The number of H-pyrrole nitrogens is 1. The lowest BCUT2D eigenvalue weighted by Gasteiger charge is -2.27. The molecular weight excluding hydrogens is 412 g/mol. The van der Waals surface area contributed by atoms with Gasteiger partial charge in [-0.25, -0.2) is 15.0 Å². The van der Waals surface area contributed by atoms with Crippen LogP contribution in [0.15, 0.2) is 49.2 Å². The van der Waals surface area contributed by atoms with Gasteiger partial charge in [0.25, 0.3) is 5.91 Å². The minimum absolute atomic E-state index is 0.00523. The van der Waals surface area contributed by atoms with Crippen LogP contribution in [0.2, 0.25) is 0 Å². The number of imidazole rings is 1. The molecule has 0 bridgehead atoms. The van der Waals surface area contributed by atoms with Gasteiger partial charge in [0, 0.05) is 24.1 Å². The molecule has 1 amide bonds. The fraction of sp³-hybridized carbons (Fsp3) is 0.385. The highest BCUT2D eigenvalue weighted by molar-refractivity contribution is 6.04. The van der Waals surface area contributed by atoms with Gasteiger partial charge in [0.1, 0.15) is 16.9 Å². The summed E-state index contributed by atoms with van der Waals surface area (Å²) in [6, 6.07) is 8.43. The quantitative estimate of drug-likeness (QED) is 0.449. The Bertz CT molecular complexity index is 1300. The van der Waals surface area contributed by atoms with Crippen molar-refractivity contribution >= 4 is 17.1 Å². The molecular formula is C26H32N6O. The molecule has 4 rings (SSSR count). The third-order valence-corrected chi connectivity index (χ3v) is 6.13. The van der Waals surface area contributed by atoms with Crippen LogP contribution in [0, 0.1) is 5.41 Å². The Morgan fingerprint density at radius 2 is 1.85 bits per heavy atom. The van der Waals surface area contributed by atoms with Crippen LogP contribution in [0.25, 0.3) is 28.2 Å². The number of carbonyl (C=O) groups is 1. The summed E-state index contributed by atoms with van der Waals surface area (Å²) in [4.78, 5) is 29.7. The van der Waals surface area contributed by atoms with Gasteiger partial charge in [-0.15, -0.1) is 0 Å². The van der Waals surface area contributed by atoms with Crippen molar-refractivity contribution in [2.24, 2.45) is 5.41 Å². The van der Waals surface area contributed by atoms with Crippen LogP contribution < -0.4 is 5.32 Å². The van der Waals surface area contributed by atoms with E-state index in [-0.39, 0.29) is 22.8 Å². The highest BCUT2D eigenvalue weighted by atomic mass is 16.1. The lowest BCUT2D eigenvalue weighted by molar-refractivity contribution is 0.0911. The number of rotatable bonds is 4. The van der Waals surface area contributed by atoms with Crippen molar-refractivity contribution in [3.05, 3.63) is 60.3 Å². The van der Waals surface area contributed by atoms with E-state index in [1.54, 1.807) is 18.7 Å². The van der Waals surface area contributed by atoms with Crippen LogP contribution in [-0.2, 0) is 5.41 Å². The van der Waals surface area contributed by atoms with Crippen LogP contribution in [0.4, 0.5) is 0 Å². The van der Waals surface area contributed by atoms with Gasteiger partial charge < -0.3 is 14.9 Å². The zero-order valence-corrected chi connectivity index (χ0v) is 20.4. The molecule has 0 unspecified atom stereocenters. The maximum absolute atomic E-state index is 12.9. The zero-order valence-electron chi connectivity index (χ0n) is 20.4. The van der Waals surface area contributed by atoms with Gasteiger partial charge in [-0.2, -0.15) is 0 Å². The molecule has 3 heterocycles. The van der Waals surface area contributed by atoms with E-state index in [9.17, 15) is 4.79 Å². The van der Waals surface area contributed by atoms with Gasteiger partial charge in [0.05, 0.1) is 18.1 Å². The van der Waals surface area contributed by atoms with Crippen molar-refractivity contribution in [3.8, 4) is 17.1 Å². The molecule has 0 fully saturated rings. The minimum atomic E-state index is -0.167. The highest BCUT2D eigenvalue weighted by Crippen LogP contribution is 2.26. The number of hydrogen-bond acceptors (Lipinski definition) is 4. The molecule has 172 valence electrons. The molecule has 7 nitrogen and oxygen atoms in total. The molecule has 2 N–H and O–H groups in total. The number of fused-ring (bicyclic) bond motifs is 1. The molecule has 0 aliphatic rings. The average Bonchev–Trinajstić information content (AvgIpc) is 3.39. The summed E-state index contributed by atoms with van der Waals surface area (Å²) in [5.41, 5.74) is 5.21. The van der Waals surface area contributed by atoms with E-state index in [1.807, 2.05) is 17.7 Å². The first-order valence-corrected chi connectivity index (χ1v) is 11.2. The standard InChI is InChI=1S/C26H32N6O/c1-16(25(2,3)4)30-24(33)19-12-27-23-22(19)31-20(13-28-23)21-14-32(15-29-21)18-10-8-9-17(11-18)26(5,6)7/h8-16H,1-7H3,(H,27,28)(H,30,33)/t16-/m0/s1. The first kappa shape index (κ1) is 22.7. The van der Waals surface area contributed by atoms with Gasteiger partial charge in [-0.3, -0.25) is 4.79 Å². The maximum atomic E-state index is 12.9. The summed E-state index contributed by atoms with van der Waals surface area (Å²) in [5.74, 6) is -0.167. The summed E-state index contributed by atoms with van der Waals surface area (Å²) in [6.45, 7) is 14.9. The number of amides is 1. The molecule has 0 aliphatic heterocycles. The van der Waals surface area contributed by atoms with Crippen molar-refractivity contribution in [1.82, 2.24) is 29.8 Å². The molecule has 0 spiro atoms. The summed E-state index contributed by atoms with van der Waals surface area (Å²) in [5, 5.41) is 3.07. The molecule has 4 aromatic rings. The number of benzene rings is 1. The van der Waals surface area contributed by atoms with E-state index in [0.29, 0.717) is 28.1 Å². The monoisotopic (exact) mass is 444 g/mol. The Morgan fingerprint density at radius 1 is 1.09 bits per heavy atom. The second kappa shape index (κ2) is 8.14. The Labute approximate surface area is 194 Å². The SMILES string of the molecule is C[C@H](NC(=O)c1c[nH]c2ncc(-c3cn(-c4cccc(C(C)(C)C)c4)cn3)nc12)C(C)(C)C. The number of hydrogen-bond donors (Lipinski definition) is 2. The average molecular weight is 445 g/mol. The molecule has 1 atom stereocenters. The molecule has 0 saturated heterocycles. The minimum Gasteiger partial charge on any atom is -0.349 e. The van der Waals surface area contributed by atoms with Crippen LogP contribution >= 0.6 is 0 Å². The van der Waals surface area contributed by atoms with Crippen LogP contribution in [0.1, 0.15) is 64.4 Å². The summed E-state index contributed by atoms with van der Waals surface area (Å²) in [6.07, 6.45) is 7.05. The van der Waals surface area contributed by atoms with Gasteiger partial charge >= 0.3 is 0 Å². The normalized spacial score (nSPS) is 13.3. The van der Waals surface area contributed by atoms with Crippen molar-refractivity contribution in [2.45, 2.75) is 59.9 Å². The second-order valence-corrected chi connectivity index (χ2v) is 10.7. The maximum Gasteiger partial charge on any atom is 0.255 e. The predicted octanol–water partition coefficient (Wildman–Crippen LogP) is 5.27. The molecule has 0 radical (unpaired) electrons. The number of carbonyl (C=O) groups excluding carboxylic acids is 1. The Morgan fingerprint density at radius 3 is 2.55 bits per heavy atom. The first-order valence-electron chi connectivity index (χ1n) is 11.2. The van der Waals surface area contributed by atoms with Crippen LogP contribution in [0.3, 0.4) is 0 Å². The second-order valence-electron chi connectivity index (χ2n) is 10.7. The highest BCUT2D eigenvalue weighted by Gasteiger charge is 2.24. The third-order valence-electron chi connectivity index (χ3n) is 6.13. The fourth-order valence-corrected chi connectivity index (χ4v) is 3.41. The topological polar surface area (TPSA) is 88.5 Å². The molecule has 1 aromatic carbocycles. The number of nitrogens with one attached hydrogen (secondary N) is 2. The van der Waals surface area contributed by atoms with Gasteiger partial charge in [-0.05, 0) is 35.4 Å². The van der Waals surface area contributed by atoms with Crippen molar-refractivity contribution in [1.29, 1.82) is 0 Å². The molecule has 33 heavy (non-hydrogen) atoms. The van der Waals surface area contributed by atoms with E-state index in [0.717, 1.165) is 5.69 Å². The Kier molecular flexibility index (Phi) is 5.60. The fourth-order valence-electron chi connectivity index (χ4n) is 3.41. The number of nitrogens with zero attached hydrogens (tertiary/aromatic N) is 4. The van der Waals surface area contributed by atoms with Crippen molar-refractivity contribution in [3.63, 3.8) is 0 Å². The number of aromatic amines is 1. The smallest absolute Gasteiger partial charge is 0.255 e. The third kappa shape index (κ3) is 4.67. The van der Waals surface area contributed by atoms with Gasteiger partial charge in [0.2, 0.25) is 0 Å². The van der Waals surface area contributed by atoms with E-state index in [1.165, 1.54) is 5.56 Å². The van der Waals surface area contributed by atoms with Crippen LogP contribution in [-0.4, -0.2) is 36.5 Å². The summed E-state index contributed by atoms with van der Waals surface area (Å²) in [7, 11) is 0. The lowest BCUT2D eigenvalue weighted by atomic mass is 9.87. The Balaban J connectivity index is 1.65. The molecule has 7 heteroatoms. The predicted molar refractivity (Wildman–Crippen MR) is 132 cm³/mol. The first-order chi connectivity index (χ1) is 15.4. The number of aromatic nitrogens is 5. The molecule has 0 aliphatic carbocycles.